The van der Waals surface area contributed by atoms with Crippen LogP contribution in [0.15, 0.2) is 0 Å². The fourth-order valence-electron chi connectivity index (χ4n) is 5.99. The molecule has 3 aliphatic heterocycles. The first-order chi connectivity index (χ1) is 11.2. The number of rotatable bonds is 4. The second kappa shape index (κ2) is 4.68. The first-order valence-corrected chi connectivity index (χ1v) is 9.71. The molecule has 6 fully saturated rings. The summed E-state index contributed by atoms with van der Waals surface area (Å²) in [7, 11) is 0. The Hall–Kier alpha value is -0.240. The molecule has 0 amide bonds. The van der Waals surface area contributed by atoms with Gasteiger partial charge in [0.05, 0.1) is 0 Å². The van der Waals surface area contributed by atoms with Gasteiger partial charge >= 0.3 is 0 Å². The Balaban J connectivity index is 0.971. The molecule has 5 atom stereocenters. The smallest absolute Gasteiger partial charge is 0.0304 e. The van der Waals surface area contributed by atoms with Crippen LogP contribution in [0.25, 0.3) is 0 Å². The lowest BCUT2D eigenvalue weighted by atomic mass is 9.72. The van der Waals surface area contributed by atoms with E-state index >= 15 is 0 Å². The van der Waals surface area contributed by atoms with Gasteiger partial charge < -0.3 is 0 Å². The lowest BCUT2D eigenvalue weighted by Gasteiger charge is -2.42. The number of nitrogens with two attached hydrogens (primary N) is 1. The molecule has 0 aromatic heterocycles. The van der Waals surface area contributed by atoms with Crippen LogP contribution >= 0.6 is 0 Å². The maximum Gasteiger partial charge on any atom is 0.0304 e. The molecule has 3 saturated carbocycles. The Morgan fingerprint density at radius 2 is 1.70 bits per heavy atom. The largest absolute Gasteiger partial charge is 0.269 e. The van der Waals surface area contributed by atoms with Crippen LogP contribution in [0.5, 0.6) is 0 Å². The number of nitrogens with one attached hydrogen (secondary N) is 2. The van der Waals surface area contributed by atoms with Gasteiger partial charge in [-0.05, 0) is 54.8 Å². The highest BCUT2D eigenvalue weighted by molar-refractivity contribution is 5.11. The van der Waals surface area contributed by atoms with E-state index in [1.165, 1.54) is 51.9 Å². The predicted molar refractivity (Wildman–Crippen MR) is 87.6 cm³/mol. The van der Waals surface area contributed by atoms with E-state index in [0.29, 0.717) is 6.04 Å². The first-order valence-electron chi connectivity index (χ1n) is 9.71. The van der Waals surface area contributed by atoms with E-state index in [-0.39, 0.29) is 0 Å². The van der Waals surface area contributed by atoms with Gasteiger partial charge in [0.2, 0.25) is 0 Å². The summed E-state index contributed by atoms with van der Waals surface area (Å²) >= 11 is 0. The summed E-state index contributed by atoms with van der Waals surface area (Å²) in [5.41, 5.74) is 8.41. The van der Waals surface area contributed by atoms with E-state index in [4.69, 9.17) is 5.84 Å². The van der Waals surface area contributed by atoms with E-state index in [0.717, 1.165) is 48.2 Å². The lowest BCUT2D eigenvalue weighted by molar-refractivity contribution is 0.0594. The standard InChI is InChI=1S/C17H30N6/c18-21-6-11-5-15(12(11)7-21)19-23-8-13-14(9-23)16(13)20-22-4-3-17(10-22)1-2-17/h11-16,19-20H,1-10,18H2. The van der Waals surface area contributed by atoms with E-state index < -0.39 is 0 Å². The number of fused-ring (bicyclic) bond motifs is 2. The highest BCUT2D eigenvalue weighted by atomic mass is 15.6. The Morgan fingerprint density at radius 3 is 2.39 bits per heavy atom. The molecule has 5 unspecified atom stereocenters. The maximum atomic E-state index is 5.95. The molecule has 6 aliphatic rings. The molecule has 6 rings (SSSR count). The zero-order valence-electron chi connectivity index (χ0n) is 14.0. The molecule has 3 heterocycles. The number of nitrogens with zero attached hydrogens (tertiary/aromatic N) is 3. The summed E-state index contributed by atoms with van der Waals surface area (Å²) in [6, 6.07) is 1.45. The van der Waals surface area contributed by atoms with Crippen molar-refractivity contribution in [3.63, 3.8) is 0 Å². The van der Waals surface area contributed by atoms with Crippen LogP contribution in [0.1, 0.15) is 25.7 Å². The fourth-order valence-corrected chi connectivity index (χ4v) is 5.99. The van der Waals surface area contributed by atoms with Crippen molar-refractivity contribution < 1.29 is 0 Å². The van der Waals surface area contributed by atoms with Crippen molar-refractivity contribution in [1.29, 1.82) is 0 Å². The summed E-state index contributed by atoms with van der Waals surface area (Å²) < 4.78 is 0. The van der Waals surface area contributed by atoms with Crippen LogP contribution in [-0.4, -0.2) is 66.4 Å². The molecule has 0 aromatic carbocycles. The Kier molecular flexibility index (Phi) is 2.85. The van der Waals surface area contributed by atoms with Crippen molar-refractivity contribution in [3.05, 3.63) is 0 Å². The molecule has 6 heteroatoms. The average molecular weight is 318 g/mol. The molecule has 23 heavy (non-hydrogen) atoms. The van der Waals surface area contributed by atoms with E-state index in [2.05, 4.69) is 20.9 Å². The predicted octanol–water partition coefficient (Wildman–Crippen LogP) is -0.394. The highest BCUT2D eigenvalue weighted by Crippen LogP contribution is 2.53. The second-order valence-corrected chi connectivity index (χ2v) is 9.41. The Bertz CT molecular complexity index is 495. The normalized spacial score (nSPS) is 51.0. The molecule has 3 saturated heterocycles. The van der Waals surface area contributed by atoms with Gasteiger partial charge in [-0.25, -0.2) is 15.0 Å². The van der Waals surface area contributed by atoms with Crippen molar-refractivity contribution in [1.82, 2.24) is 25.9 Å². The van der Waals surface area contributed by atoms with Gasteiger partial charge in [0.1, 0.15) is 0 Å². The number of hydrogen-bond donors (Lipinski definition) is 3. The molecule has 4 N–H and O–H groups in total. The molecule has 0 aromatic rings. The van der Waals surface area contributed by atoms with Crippen LogP contribution < -0.4 is 16.7 Å². The molecular formula is C17H30N6. The summed E-state index contributed by atoms with van der Waals surface area (Å²) in [5.74, 6) is 9.36. The third-order valence-electron chi connectivity index (χ3n) is 7.86. The molecule has 0 radical (unpaired) electrons. The van der Waals surface area contributed by atoms with Gasteiger partial charge in [-0.2, -0.15) is 0 Å². The van der Waals surface area contributed by atoms with Gasteiger partial charge in [0, 0.05) is 51.4 Å². The third kappa shape index (κ3) is 2.23. The van der Waals surface area contributed by atoms with E-state index in [1.807, 2.05) is 5.01 Å². The van der Waals surface area contributed by atoms with Crippen LogP contribution in [0, 0.1) is 29.1 Å². The van der Waals surface area contributed by atoms with E-state index in [9.17, 15) is 0 Å². The zero-order chi connectivity index (χ0) is 15.2. The molecule has 3 aliphatic carbocycles. The molecule has 128 valence electrons. The fraction of sp³-hybridized carbons (Fsp3) is 1.00. The van der Waals surface area contributed by atoms with E-state index in [1.54, 1.807) is 0 Å². The van der Waals surface area contributed by atoms with Crippen molar-refractivity contribution in [3.8, 4) is 0 Å². The van der Waals surface area contributed by atoms with Crippen molar-refractivity contribution in [2.24, 2.45) is 34.9 Å². The van der Waals surface area contributed by atoms with Gasteiger partial charge in [-0.15, -0.1) is 0 Å². The van der Waals surface area contributed by atoms with Crippen LogP contribution in [0.4, 0.5) is 0 Å². The Morgan fingerprint density at radius 1 is 0.870 bits per heavy atom. The monoisotopic (exact) mass is 318 g/mol. The minimum atomic E-state index is 0.686. The number of hydrogen-bond acceptors (Lipinski definition) is 6. The quantitative estimate of drug-likeness (QED) is 0.614. The van der Waals surface area contributed by atoms with Gasteiger partial charge in [0.15, 0.2) is 0 Å². The average Bonchev–Trinajstić information content (AvgIpc) is 3.20. The van der Waals surface area contributed by atoms with Gasteiger partial charge in [-0.3, -0.25) is 16.7 Å². The molecular weight excluding hydrogens is 288 g/mol. The van der Waals surface area contributed by atoms with Crippen LogP contribution in [0.3, 0.4) is 0 Å². The highest BCUT2D eigenvalue weighted by Gasteiger charge is 2.58. The summed E-state index contributed by atoms with van der Waals surface area (Å²) in [6.07, 6.45) is 5.70. The van der Waals surface area contributed by atoms with Gasteiger partial charge in [-0.1, -0.05) is 0 Å². The number of piperidine rings is 1. The van der Waals surface area contributed by atoms with Crippen molar-refractivity contribution in [2.75, 3.05) is 39.3 Å². The topological polar surface area (TPSA) is 59.8 Å². The molecule has 0 bridgehead atoms. The summed E-state index contributed by atoms with van der Waals surface area (Å²) in [6.45, 7) is 7.26. The maximum absolute atomic E-state index is 5.95. The minimum absolute atomic E-state index is 0.686. The number of hydrazine groups is 3. The third-order valence-corrected chi connectivity index (χ3v) is 7.86. The zero-order valence-corrected chi connectivity index (χ0v) is 14.0. The van der Waals surface area contributed by atoms with Crippen LogP contribution in [0.2, 0.25) is 0 Å². The Labute approximate surface area is 138 Å². The minimum Gasteiger partial charge on any atom is -0.269 e. The first kappa shape index (κ1) is 14.0. The van der Waals surface area contributed by atoms with Gasteiger partial charge in [0.25, 0.3) is 0 Å². The SMILES string of the molecule is NN1CC2CC(NN3CC4C(C3)C4NN3CCC4(CC4)C3)C2C1. The van der Waals surface area contributed by atoms with Crippen molar-refractivity contribution in [2.45, 2.75) is 37.8 Å². The summed E-state index contributed by atoms with van der Waals surface area (Å²) in [5, 5.41) is 7.07. The van der Waals surface area contributed by atoms with Crippen LogP contribution in [-0.2, 0) is 0 Å². The summed E-state index contributed by atoms with van der Waals surface area (Å²) in [4.78, 5) is 0. The second-order valence-electron chi connectivity index (χ2n) is 9.41. The molecule has 1 spiro atoms. The lowest BCUT2D eigenvalue weighted by Crippen LogP contribution is -2.56. The molecule has 6 nitrogen and oxygen atoms in total. The van der Waals surface area contributed by atoms with Crippen molar-refractivity contribution >= 4 is 0 Å².